The maximum Gasteiger partial charge on any atom is 0.332 e. The first kappa shape index (κ1) is 16.6. The van der Waals surface area contributed by atoms with E-state index in [9.17, 15) is 14.9 Å². The van der Waals surface area contributed by atoms with E-state index in [0.29, 0.717) is 24.7 Å². The van der Waals surface area contributed by atoms with Gasteiger partial charge in [-0.2, -0.15) is 5.26 Å². The molecule has 8 heteroatoms. The zero-order valence-electron chi connectivity index (χ0n) is 14.2. The molecule has 1 atom stereocenters. The highest BCUT2D eigenvalue weighted by molar-refractivity contribution is 5.53. The molecule has 0 bridgehead atoms. The molecule has 0 N–H and O–H groups in total. The molecule has 1 aromatic heterocycles. The van der Waals surface area contributed by atoms with Crippen LogP contribution in [0.25, 0.3) is 0 Å². The Hall–Kier alpha value is -3.21. The summed E-state index contributed by atoms with van der Waals surface area (Å²) in [6.07, 6.45) is -0.300. The number of nitriles is 1. The maximum absolute atomic E-state index is 12.2. The second-order valence-electron chi connectivity index (χ2n) is 5.89. The average Bonchev–Trinajstić information content (AvgIpc) is 2.62. The van der Waals surface area contributed by atoms with Gasteiger partial charge in [-0.3, -0.25) is 13.9 Å². The van der Waals surface area contributed by atoms with Crippen molar-refractivity contribution >= 4 is 5.82 Å². The first-order valence-corrected chi connectivity index (χ1v) is 7.73. The van der Waals surface area contributed by atoms with Crippen LogP contribution in [0, 0.1) is 11.3 Å². The summed E-state index contributed by atoms with van der Waals surface area (Å²) < 4.78 is 13.8. The molecule has 0 amide bonds. The Morgan fingerprint density at radius 3 is 2.60 bits per heavy atom. The van der Waals surface area contributed by atoms with E-state index in [1.165, 1.54) is 18.7 Å². The SMILES string of the molecule is CN(CC1COc2ccccc2O1)c1c(C#N)c(=O)n(C)c(=O)n1C. The summed E-state index contributed by atoms with van der Waals surface area (Å²) in [6.45, 7) is 0.686. The van der Waals surface area contributed by atoms with E-state index in [1.807, 2.05) is 30.3 Å². The van der Waals surface area contributed by atoms with Crippen molar-refractivity contribution in [2.75, 3.05) is 25.1 Å². The van der Waals surface area contributed by atoms with E-state index >= 15 is 0 Å². The van der Waals surface area contributed by atoms with Crippen LogP contribution >= 0.6 is 0 Å². The summed E-state index contributed by atoms with van der Waals surface area (Å²) in [5, 5.41) is 9.36. The van der Waals surface area contributed by atoms with Gasteiger partial charge in [0, 0.05) is 21.1 Å². The highest BCUT2D eigenvalue weighted by atomic mass is 16.6. The van der Waals surface area contributed by atoms with Gasteiger partial charge in [0.15, 0.2) is 23.2 Å². The van der Waals surface area contributed by atoms with Crippen molar-refractivity contribution in [2.24, 2.45) is 14.1 Å². The van der Waals surface area contributed by atoms with Gasteiger partial charge >= 0.3 is 5.69 Å². The molecule has 8 nitrogen and oxygen atoms in total. The molecule has 2 aromatic rings. The number of aromatic nitrogens is 2. The van der Waals surface area contributed by atoms with Gasteiger partial charge in [-0.05, 0) is 12.1 Å². The van der Waals surface area contributed by atoms with E-state index < -0.39 is 11.2 Å². The fourth-order valence-electron chi connectivity index (χ4n) is 2.92. The number of nitrogens with zero attached hydrogens (tertiary/aromatic N) is 4. The molecule has 25 heavy (non-hydrogen) atoms. The van der Waals surface area contributed by atoms with Gasteiger partial charge in [0.2, 0.25) is 0 Å². The summed E-state index contributed by atoms with van der Waals surface area (Å²) in [5.41, 5.74) is -1.18. The normalized spacial score (nSPS) is 15.5. The van der Waals surface area contributed by atoms with Crippen LogP contribution in [0.3, 0.4) is 0 Å². The Bertz CT molecular complexity index is 970. The molecule has 3 rings (SSSR count). The molecule has 0 spiro atoms. The fourth-order valence-corrected chi connectivity index (χ4v) is 2.92. The molecule has 0 radical (unpaired) electrons. The van der Waals surface area contributed by atoms with Crippen molar-refractivity contribution < 1.29 is 9.47 Å². The number of hydrogen-bond acceptors (Lipinski definition) is 6. The molecule has 1 aromatic carbocycles. The minimum Gasteiger partial charge on any atom is -0.486 e. The molecule has 0 saturated carbocycles. The van der Waals surface area contributed by atoms with Gasteiger partial charge in [0.1, 0.15) is 18.5 Å². The Morgan fingerprint density at radius 2 is 1.92 bits per heavy atom. The Morgan fingerprint density at radius 1 is 1.24 bits per heavy atom. The van der Waals surface area contributed by atoms with Gasteiger partial charge in [-0.25, -0.2) is 4.79 Å². The molecule has 0 fully saturated rings. The third-order valence-corrected chi connectivity index (χ3v) is 4.15. The number of likely N-dealkylation sites (N-methyl/N-ethyl adjacent to an activating group) is 1. The molecule has 2 heterocycles. The van der Waals surface area contributed by atoms with Gasteiger partial charge in [-0.15, -0.1) is 0 Å². The molecular weight excluding hydrogens is 324 g/mol. The van der Waals surface area contributed by atoms with Crippen LogP contribution in [0.15, 0.2) is 33.9 Å². The molecule has 0 saturated heterocycles. The Labute approximate surface area is 144 Å². The van der Waals surface area contributed by atoms with Crippen LogP contribution in [0.4, 0.5) is 5.82 Å². The minimum atomic E-state index is -0.612. The van der Waals surface area contributed by atoms with Gasteiger partial charge in [0.25, 0.3) is 5.56 Å². The van der Waals surface area contributed by atoms with Gasteiger partial charge in [-0.1, -0.05) is 12.1 Å². The minimum absolute atomic E-state index is 0.0794. The quantitative estimate of drug-likeness (QED) is 0.793. The fraction of sp³-hybridized carbons (Fsp3) is 0.353. The summed E-state index contributed by atoms with van der Waals surface area (Å²) >= 11 is 0. The monoisotopic (exact) mass is 342 g/mol. The number of rotatable bonds is 3. The topological polar surface area (TPSA) is 89.5 Å². The predicted octanol–water partition coefficient (Wildman–Crippen LogP) is 0.232. The lowest BCUT2D eigenvalue weighted by Gasteiger charge is -2.31. The van der Waals surface area contributed by atoms with Crippen LogP contribution < -0.4 is 25.6 Å². The first-order chi connectivity index (χ1) is 11.9. The van der Waals surface area contributed by atoms with Crippen molar-refractivity contribution in [1.82, 2.24) is 9.13 Å². The van der Waals surface area contributed by atoms with Crippen molar-refractivity contribution in [3.05, 3.63) is 50.7 Å². The summed E-state index contributed by atoms with van der Waals surface area (Å²) in [6, 6.07) is 9.26. The molecule has 1 unspecified atom stereocenters. The number of hydrogen-bond donors (Lipinski definition) is 0. The van der Waals surface area contributed by atoms with Crippen molar-refractivity contribution in [1.29, 1.82) is 5.26 Å². The third-order valence-electron chi connectivity index (χ3n) is 4.15. The molecule has 1 aliphatic heterocycles. The third kappa shape index (κ3) is 2.85. The van der Waals surface area contributed by atoms with Crippen molar-refractivity contribution in [3.8, 4) is 17.6 Å². The van der Waals surface area contributed by atoms with Crippen LogP contribution in [-0.4, -0.2) is 35.4 Å². The highest BCUT2D eigenvalue weighted by Crippen LogP contribution is 2.31. The van der Waals surface area contributed by atoms with Gasteiger partial charge in [0.05, 0.1) is 6.54 Å². The van der Waals surface area contributed by atoms with Crippen LogP contribution in [0.1, 0.15) is 5.56 Å². The number of ether oxygens (including phenoxy) is 2. The van der Waals surface area contributed by atoms with E-state index in [2.05, 4.69) is 0 Å². The molecular formula is C17H18N4O4. The van der Waals surface area contributed by atoms with E-state index in [0.717, 1.165) is 4.57 Å². The lowest BCUT2D eigenvalue weighted by atomic mass is 10.2. The van der Waals surface area contributed by atoms with E-state index in [1.54, 1.807) is 11.9 Å². The van der Waals surface area contributed by atoms with Crippen LogP contribution in [-0.2, 0) is 14.1 Å². The largest absolute Gasteiger partial charge is 0.486 e. The Balaban J connectivity index is 1.91. The summed E-state index contributed by atoms with van der Waals surface area (Å²) in [7, 11) is 4.59. The lowest BCUT2D eigenvalue weighted by molar-refractivity contribution is 0.0958. The van der Waals surface area contributed by atoms with Crippen LogP contribution in [0.5, 0.6) is 11.5 Å². The molecule has 0 aliphatic carbocycles. The van der Waals surface area contributed by atoms with Gasteiger partial charge < -0.3 is 14.4 Å². The second-order valence-corrected chi connectivity index (χ2v) is 5.89. The first-order valence-electron chi connectivity index (χ1n) is 7.73. The standard InChI is InChI=1S/C17H18N4O4/c1-19(9-11-10-24-13-6-4-5-7-14(13)25-11)15-12(8-18)16(22)21(3)17(23)20(15)2/h4-7,11H,9-10H2,1-3H3. The number of fused-ring (bicyclic) bond motifs is 1. The predicted molar refractivity (Wildman–Crippen MR) is 91.3 cm³/mol. The van der Waals surface area contributed by atoms with E-state index in [4.69, 9.17) is 9.47 Å². The average molecular weight is 342 g/mol. The smallest absolute Gasteiger partial charge is 0.332 e. The zero-order valence-corrected chi connectivity index (χ0v) is 14.2. The molecule has 1 aliphatic rings. The summed E-state index contributed by atoms with van der Waals surface area (Å²) in [4.78, 5) is 26.0. The molecule has 130 valence electrons. The second kappa shape index (κ2) is 6.36. The van der Waals surface area contributed by atoms with Crippen molar-refractivity contribution in [3.63, 3.8) is 0 Å². The van der Waals surface area contributed by atoms with Crippen molar-refractivity contribution in [2.45, 2.75) is 6.10 Å². The summed E-state index contributed by atoms with van der Waals surface area (Å²) in [5.74, 6) is 1.59. The highest BCUT2D eigenvalue weighted by Gasteiger charge is 2.25. The number of anilines is 1. The lowest BCUT2D eigenvalue weighted by Crippen LogP contribution is -2.45. The van der Waals surface area contributed by atoms with E-state index in [-0.39, 0.29) is 17.5 Å². The number of para-hydroxylation sites is 2. The Kier molecular flexibility index (Phi) is 4.23. The van der Waals surface area contributed by atoms with Crippen LogP contribution in [0.2, 0.25) is 0 Å². The number of benzene rings is 1. The maximum atomic E-state index is 12.2. The zero-order chi connectivity index (χ0) is 18.1.